The van der Waals surface area contributed by atoms with Crippen molar-refractivity contribution in [2.75, 3.05) is 4.93 Å². The van der Waals surface area contributed by atoms with Gasteiger partial charge >= 0.3 is 121 Å². The number of benzene rings is 2. The molecule has 0 aliphatic heterocycles. The van der Waals surface area contributed by atoms with E-state index in [9.17, 15) is 0 Å². The fraction of sp³-hybridized carbons (Fsp3) is 0.143. The van der Waals surface area contributed by atoms with Gasteiger partial charge in [0.05, 0.1) is 0 Å². The Kier molecular flexibility index (Phi) is 2.96. The van der Waals surface area contributed by atoms with Crippen molar-refractivity contribution in [2.45, 2.75) is 6.42 Å². The summed E-state index contributed by atoms with van der Waals surface area (Å²) < 4.78 is 2.90. The Bertz CT molecular complexity index is 559. The van der Waals surface area contributed by atoms with Crippen LogP contribution in [-0.2, 0) is 6.42 Å². The van der Waals surface area contributed by atoms with E-state index < -0.39 is 0 Å². The Labute approximate surface area is 120 Å². The molecule has 0 nitrogen and oxygen atoms in total. The molecule has 0 spiro atoms. The summed E-state index contributed by atoms with van der Waals surface area (Å²) in [5.41, 5.74) is 5.91. The summed E-state index contributed by atoms with van der Waals surface area (Å²) in [6.45, 7) is 0. The third-order valence-electron chi connectivity index (χ3n) is 3.02. The van der Waals surface area contributed by atoms with Crippen LogP contribution < -0.4 is 21.2 Å². The van der Waals surface area contributed by atoms with E-state index >= 15 is 0 Å². The molecule has 0 unspecified atom stereocenters. The summed E-state index contributed by atoms with van der Waals surface area (Å²) in [6, 6.07) is 13.8. The summed E-state index contributed by atoms with van der Waals surface area (Å²) >= 11 is 2.61. The first-order valence-corrected chi connectivity index (χ1v) is 9.50. The molecule has 0 heterocycles. The second-order valence-corrected chi connectivity index (χ2v) is 7.54. The summed E-state index contributed by atoms with van der Waals surface area (Å²) in [5.74, 6) is 0. The van der Waals surface area contributed by atoms with Gasteiger partial charge in [0.25, 0.3) is 0 Å². The Morgan fingerprint density at radius 1 is 1.00 bits per heavy atom. The molecule has 0 aromatic heterocycles. The molecule has 0 saturated carbocycles. The van der Waals surface area contributed by atoms with Gasteiger partial charge in [-0.25, -0.2) is 0 Å². The molecule has 0 radical (unpaired) electrons. The van der Waals surface area contributed by atoms with Crippen LogP contribution in [0.3, 0.4) is 0 Å². The summed E-state index contributed by atoms with van der Waals surface area (Å²) in [6.07, 6.45) is 1.12. The molecule has 1 aliphatic carbocycles. The van der Waals surface area contributed by atoms with Crippen molar-refractivity contribution >= 4 is 22.6 Å². The van der Waals surface area contributed by atoms with Gasteiger partial charge in [0.15, 0.2) is 0 Å². The van der Waals surface area contributed by atoms with Crippen LogP contribution in [0.25, 0.3) is 11.1 Å². The van der Waals surface area contributed by atoms with Crippen LogP contribution in [-0.4, -0.2) is 4.93 Å². The van der Waals surface area contributed by atoms with Crippen LogP contribution in [0, 0.1) is 7.14 Å². The first-order valence-electron chi connectivity index (χ1n) is 5.19. The SMILES string of the molecule is C[I-]c1ccc2c(c1)Cc1cc(I)ccc1-2. The molecule has 2 aromatic rings. The molecule has 3 rings (SSSR count). The molecule has 2 heteroatoms. The Balaban J connectivity index is 2.16. The molecule has 0 fully saturated rings. The van der Waals surface area contributed by atoms with E-state index in [2.05, 4.69) is 63.9 Å². The third kappa shape index (κ3) is 1.79. The quantitative estimate of drug-likeness (QED) is 0.393. The average molecular weight is 433 g/mol. The van der Waals surface area contributed by atoms with Gasteiger partial charge in [-0.3, -0.25) is 0 Å². The summed E-state index contributed by atoms with van der Waals surface area (Å²) in [5, 5.41) is 0. The van der Waals surface area contributed by atoms with Gasteiger partial charge in [0.2, 0.25) is 0 Å². The second kappa shape index (κ2) is 4.29. The number of alkyl halides is 1. The van der Waals surface area contributed by atoms with Crippen molar-refractivity contribution < 1.29 is 21.2 Å². The van der Waals surface area contributed by atoms with E-state index in [1.807, 2.05) is 0 Å². The average Bonchev–Trinajstić information content (AvgIpc) is 2.64. The third-order valence-corrected chi connectivity index (χ3v) is 5.61. The predicted molar refractivity (Wildman–Crippen MR) is 72.0 cm³/mol. The Morgan fingerprint density at radius 2 is 1.69 bits per heavy atom. The predicted octanol–water partition coefficient (Wildman–Crippen LogP) is 0.751. The normalized spacial score (nSPS) is 12.6. The molecule has 1 aliphatic rings. The topological polar surface area (TPSA) is 0 Å². The van der Waals surface area contributed by atoms with Crippen LogP contribution in [0.1, 0.15) is 11.1 Å². The number of halogens is 2. The van der Waals surface area contributed by atoms with E-state index in [1.165, 1.54) is 25.8 Å². The van der Waals surface area contributed by atoms with E-state index in [-0.39, 0.29) is 21.2 Å². The van der Waals surface area contributed by atoms with E-state index in [0.717, 1.165) is 6.42 Å². The monoisotopic (exact) mass is 433 g/mol. The number of hydrogen-bond acceptors (Lipinski definition) is 0. The van der Waals surface area contributed by atoms with Crippen LogP contribution in [0.4, 0.5) is 0 Å². The van der Waals surface area contributed by atoms with Gasteiger partial charge in [-0.15, -0.1) is 0 Å². The van der Waals surface area contributed by atoms with Crippen molar-refractivity contribution in [3.05, 3.63) is 54.7 Å². The minimum atomic E-state index is 0.217. The molecule has 2 aromatic carbocycles. The van der Waals surface area contributed by atoms with Gasteiger partial charge in [-0.05, 0) is 0 Å². The molecule has 0 N–H and O–H groups in total. The maximum atomic E-state index is 2.41. The Morgan fingerprint density at radius 3 is 2.44 bits per heavy atom. The fourth-order valence-corrected chi connectivity index (χ4v) is 4.05. The molecule has 0 atom stereocenters. The maximum absolute atomic E-state index is 2.41. The molecule has 0 amide bonds. The van der Waals surface area contributed by atoms with Crippen LogP contribution in [0.2, 0.25) is 0 Å². The van der Waals surface area contributed by atoms with E-state index in [0.29, 0.717) is 0 Å². The summed E-state index contributed by atoms with van der Waals surface area (Å²) in [4.78, 5) is 2.33. The van der Waals surface area contributed by atoms with Gasteiger partial charge in [0, 0.05) is 0 Å². The van der Waals surface area contributed by atoms with Gasteiger partial charge < -0.3 is 0 Å². The minimum absolute atomic E-state index is 0.217. The van der Waals surface area contributed by atoms with Crippen molar-refractivity contribution in [1.29, 1.82) is 0 Å². The zero-order chi connectivity index (χ0) is 11.1. The van der Waals surface area contributed by atoms with Crippen molar-refractivity contribution in [3.63, 3.8) is 0 Å². The Hall–Kier alpha value is -0.100. The van der Waals surface area contributed by atoms with Gasteiger partial charge in [0.1, 0.15) is 0 Å². The van der Waals surface area contributed by atoms with Crippen molar-refractivity contribution in [2.24, 2.45) is 0 Å². The molecule has 82 valence electrons. The van der Waals surface area contributed by atoms with Crippen LogP contribution in [0.5, 0.6) is 0 Å². The van der Waals surface area contributed by atoms with E-state index in [1.54, 1.807) is 3.57 Å². The van der Waals surface area contributed by atoms with Crippen molar-refractivity contribution in [1.82, 2.24) is 0 Å². The number of rotatable bonds is 1. The molecule has 16 heavy (non-hydrogen) atoms. The molecule has 0 bridgehead atoms. The first-order chi connectivity index (χ1) is 7.78. The molecule has 0 saturated heterocycles. The van der Waals surface area contributed by atoms with Gasteiger partial charge in [-0.2, -0.15) is 0 Å². The number of fused-ring (bicyclic) bond motifs is 3. The molecular formula is C14H11I2-. The standard InChI is InChI=1S/C14H11I2/c1-16-12-3-5-14-10(8-12)6-9-7-11(15)2-4-13(9)14/h2-5,7-8H,6H2,1H3/q-1. The van der Waals surface area contributed by atoms with Crippen LogP contribution >= 0.6 is 22.6 Å². The second-order valence-electron chi connectivity index (χ2n) is 3.97. The first kappa shape index (κ1) is 11.0. The number of hydrogen-bond donors (Lipinski definition) is 0. The zero-order valence-corrected chi connectivity index (χ0v) is 13.2. The van der Waals surface area contributed by atoms with Gasteiger partial charge in [-0.1, -0.05) is 0 Å². The van der Waals surface area contributed by atoms with Crippen molar-refractivity contribution in [3.8, 4) is 11.1 Å². The summed E-state index contributed by atoms with van der Waals surface area (Å²) in [7, 11) is 0. The zero-order valence-electron chi connectivity index (χ0n) is 8.93. The van der Waals surface area contributed by atoms with E-state index in [4.69, 9.17) is 0 Å². The fourth-order valence-electron chi connectivity index (χ4n) is 2.27. The molecular weight excluding hydrogens is 422 g/mol. The van der Waals surface area contributed by atoms with Crippen LogP contribution in [0.15, 0.2) is 36.4 Å².